The molecule has 2 aliphatic heterocycles. The standard InChI is InChI=1S/C27H32N6O5/c1-16-12-18(14-22-24(16)30-26(36)28-22)25(35)31(2)15-23(34)32-9-7-19(8-10-32)33-11-6-17-13-20(38-3)4-5-21(17)29-27(33)37/h4-5,12-14,19H,6-11,15H2,1-3H3,(H,29,37)(H2,28,30,36). The first-order valence-electron chi connectivity index (χ1n) is 12.7. The number of carbonyl (C=O) groups excluding carboxylic acids is 3. The highest BCUT2D eigenvalue weighted by atomic mass is 16.5. The van der Waals surface area contributed by atoms with Crippen LogP contribution >= 0.6 is 0 Å². The molecule has 0 spiro atoms. The molecule has 3 aromatic rings. The van der Waals surface area contributed by atoms with Crippen LogP contribution in [-0.2, 0) is 11.2 Å². The van der Waals surface area contributed by atoms with Crippen molar-refractivity contribution < 1.29 is 19.1 Å². The Bertz CT molecular complexity index is 1450. The number of aromatic nitrogens is 2. The zero-order valence-electron chi connectivity index (χ0n) is 21.8. The highest BCUT2D eigenvalue weighted by molar-refractivity contribution is 5.99. The first kappa shape index (κ1) is 25.4. The van der Waals surface area contributed by atoms with Gasteiger partial charge in [0.25, 0.3) is 5.91 Å². The number of likely N-dealkylation sites (N-methyl/N-ethyl adjacent to an activating group) is 1. The number of aromatic amines is 2. The molecule has 0 aliphatic carbocycles. The number of urea groups is 1. The molecular formula is C27H32N6O5. The number of fused-ring (bicyclic) bond motifs is 2. The number of anilines is 1. The van der Waals surface area contributed by atoms with Crippen LogP contribution in [0.4, 0.5) is 10.5 Å². The van der Waals surface area contributed by atoms with E-state index in [-0.39, 0.29) is 36.1 Å². The van der Waals surface area contributed by atoms with Crippen LogP contribution in [0.15, 0.2) is 35.1 Å². The van der Waals surface area contributed by atoms with Crippen molar-refractivity contribution in [2.75, 3.05) is 45.7 Å². The number of rotatable bonds is 5. The maximum atomic E-state index is 13.0. The number of imidazole rings is 1. The second kappa shape index (κ2) is 10.2. The highest BCUT2D eigenvalue weighted by Gasteiger charge is 2.32. The Hall–Kier alpha value is -4.28. The summed E-state index contributed by atoms with van der Waals surface area (Å²) in [5, 5.41) is 3.01. The van der Waals surface area contributed by atoms with Crippen molar-refractivity contribution in [2.45, 2.75) is 32.2 Å². The summed E-state index contributed by atoms with van der Waals surface area (Å²) < 4.78 is 5.31. The number of nitrogens with one attached hydrogen (secondary N) is 3. The molecule has 2 aliphatic rings. The van der Waals surface area contributed by atoms with E-state index in [4.69, 9.17) is 4.74 Å². The quantitative estimate of drug-likeness (QED) is 0.475. The summed E-state index contributed by atoms with van der Waals surface area (Å²) in [4.78, 5) is 61.0. The fourth-order valence-corrected chi connectivity index (χ4v) is 5.37. The number of hydrogen-bond acceptors (Lipinski definition) is 5. The molecule has 3 heterocycles. The molecule has 0 radical (unpaired) electrons. The smallest absolute Gasteiger partial charge is 0.323 e. The molecule has 1 aromatic heterocycles. The molecule has 38 heavy (non-hydrogen) atoms. The number of carbonyl (C=O) groups is 3. The highest BCUT2D eigenvalue weighted by Crippen LogP contribution is 2.28. The van der Waals surface area contributed by atoms with E-state index in [0.29, 0.717) is 49.1 Å². The third-order valence-electron chi connectivity index (χ3n) is 7.48. The molecule has 1 saturated heterocycles. The Morgan fingerprint density at radius 3 is 2.58 bits per heavy atom. The fourth-order valence-electron chi connectivity index (χ4n) is 5.37. The average molecular weight is 521 g/mol. The second-order valence-electron chi connectivity index (χ2n) is 9.96. The number of likely N-dealkylation sites (tertiary alicyclic amines) is 1. The van der Waals surface area contributed by atoms with E-state index < -0.39 is 0 Å². The lowest BCUT2D eigenvalue weighted by atomic mass is 10.0. The molecular weight excluding hydrogens is 488 g/mol. The normalized spacial score (nSPS) is 16.1. The van der Waals surface area contributed by atoms with Crippen LogP contribution in [0.25, 0.3) is 11.0 Å². The number of hydrogen-bond donors (Lipinski definition) is 3. The molecule has 2 aromatic carbocycles. The zero-order valence-corrected chi connectivity index (χ0v) is 21.8. The van der Waals surface area contributed by atoms with E-state index >= 15 is 0 Å². The van der Waals surface area contributed by atoms with Crippen molar-refractivity contribution in [3.8, 4) is 5.75 Å². The monoisotopic (exact) mass is 520 g/mol. The Balaban J connectivity index is 1.17. The molecule has 0 atom stereocenters. The topological polar surface area (TPSA) is 131 Å². The number of benzene rings is 2. The largest absolute Gasteiger partial charge is 0.497 e. The van der Waals surface area contributed by atoms with E-state index in [1.54, 1.807) is 31.2 Å². The molecule has 200 valence electrons. The van der Waals surface area contributed by atoms with Gasteiger partial charge in [0.05, 0.1) is 24.7 Å². The van der Waals surface area contributed by atoms with Gasteiger partial charge < -0.3 is 34.7 Å². The lowest BCUT2D eigenvalue weighted by Gasteiger charge is -2.38. The lowest BCUT2D eigenvalue weighted by Crippen LogP contribution is -2.51. The van der Waals surface area contributed by atoms with Crippen LogP contribution in [0, 0.1) is 6.92 Å². The second-order valence-corrected chi connectivity index (χ2v) is 9.96. The summed E-state index contributed by atoms with van der Waals surface area (Å²) in [7, 11) is 3.22. The summed E-state index contributed by atoms with van der Waals surface area (Å²) in [5.74, 6) is 0.335. The maximum Gasteiger partial charge on any atom is 0.323 e. The van der Waals surface area contributed by atoms with Crippen LogP contribution in [0.3, 0.4) is 0 Å². The molecule has 5 rings (SSSR count). The van der Waals surface area contributed by atoms with Crippen molar-refractivity contribution in [1.29, 1.82) is 0 Å². The van der Waals surface area contributed by atoms with Gasteiger partial charge >= 0.3 is 11.7 Å². The van der Waals surface area contributed by atoms with E-state index in [1.165, 1.54) is 4.90 Å². The maximum absolute atomic E-state index is 13.0. The van der Waals surface area contributed by atoms with Crippen molar-refractivity contribution in [2.24, 2.45) is 0 Å². The number of ether oxygens (including phenoxy) is 1. The van der Waals surface area contributed by atoms with Crippen molar-refractivity contribution in [3.05, 3.63) is 57.5 Å². The van der Waals surface area contributed by atoms with Gasteiger partial charge in [0.2, 0.25) is 5.91 Å². The first-order chi connectivity index (χ1) is 18.2. The van der Waals surface area contributed by atoms with Gasteiger partial charge in [-0.05, 0) is 67.6 Å². The van der Waals surface area contributed by atoms with Gasteiger partial charge in [-0.2, -0.15) is 0 Å². The van der Waals surface area contributed by atoms with Gasteiger partial charge in [-0.1, -0.05) is 0 Å². The number of aryl methyl sites for hydroxylation is 1. The van der Waals surface area contributed by atoms with E-state index in [1.807, 2.05) is 30.0 Å². The Labute approximate surface area is 219 Å². The first-order valence-corrected chi connectivity index (χ1v) is 12.7. The Morgan fingerprint density at radius 1 is 1.08 bits per heavy atom. The summed E-state index contributed by atoms with van der Waals surface area (Å²) in [5.41, 5.74) is 3.90. The van der Waals surface area contributed by atoms with Crippen LogP contribution in [0.2, 0.25) is 0 Å². The summed E-state index contributed by atoms with van der Waals surface area (Å²) >= 11 is 0. The third-order valence-corrected chi connectivity index (χ3v) is 7.48. The molecule has 3 N–H and O–H groups in total. The van der Waals surface area contributed by atoms with Crippen molar-refractivity contribution in [1.82, 2.24) is 24.7 Å². The van der Waals surface area contributed by atoms with Crippen LogP contribution in [0.5, 0.6) is 5.75 Å². The van der Waals surface area contributed by atoms with Gasteiger partial charge in [-0.25, -0.2) is 9.59 Å². The van der Waals surface area contributed by atoms with Crippen LogP contribution in [-0.4, -0.2) is 88.9 Å². The van der Waals surface area contributed by atoms with Crippen LogP contribution in [0.1, 0.15) is 34.3 Å². The number of H-pyrrole nitrogens is 2. The molecule has 11 nitrogen and oxygen atoms in total. The van der Waals surface area contributed by atoms with Crippen LogP contribution < -0.4 is 15.7 Å². The van der Waals surface area contributed by atoms with Crippen molar-refractivity contribution >= 4 is 34.6 Å². The predicted octanol–water partition coefficient (Wildman–Crippen LogP) is 2.33. The number of piperidine rings is 1. The van der Waals surface area contributed by atoms with E-state index in [0.717, 1.165) is 29.0 Å². The third kappa shape index (κ3) is 4.96. The summed E-state index contributed by atoms with van der Waals surface area (Å²) in [6.07, 6.45) is 2.07. The SMILES string of the molecule is COc1ccc2c(c1)CCN(C1CCN(C(=O)CN(C)C(=O)c3cc(C)c4[nH]c(=O)[nH]c4c3)CC1)C(=O)N2. The number of amides is 4. The number of methoxy groups -OCH3 is 1. The van der Waals surface area contributed by atoms with Gasteiger partial charge in [0.1, 0.15) is 5.75 Å². The molecule has 1 fully saturated rings. The minimum atomic E-state index is -0.331. The average Bonchev–Trinajstić information content (AvgIpc) is 3.21. The predicted molar refractivity (Wildman–Crippen MR) is 143 cm³/mol. The number of nitrogens with zero attached hydrogens (tertiary/aromatic N) is 3. The fraction of sp³-hybridized carbons (Fsp3) is 0.407. The van der Waals surface area contributed by atoms with Gasteiger partial charge in [-0.15, -0.1) is 0 Å². The minimum Gasteiger partial charge on any atom is -0.497 e. The molecule has 0 bridgehead atoms. The van der Waals surface area contributed by atoms with Crippen molar-refractivity contribution in [3.63, 3.8) is 0 Å². The van der Waals surface area contributed by atoms with E-state index in [9.17, 15) is 19.2 Å². The molecule has 0 saturated carbocycles. The Morgan fingerprint density at radius 2 is 1.84 bits per heavy atom. The molecule has 0 unspecified atom stereocenters. The van der Waals surface area contributed by atoms with Gasteiger partial charge in [-0.3, -0.25) is 9.59 Å². The zero-order chi connectivity index (χ0) is 27.0. The van der Waals surface area contributed by atoms with Gasteiger partial charge in [0, 0.05) is 44.0 Å². The van der Waals surface area contributed by atoms with E-state index in [2.05, 4.69) is 15.3 Å². The minimum absolute atomic E-state index is 0.0350. The van der Waals surface area contributed by atoms with Gasteiger partial charge in [0.15, 0.2) is 0 Å². The Kier molecular flexibility index (Phi) is 6.83. The molecule has 4 amide bonds. The lowest BCUT2D eigenvalue weighted by molar-refractivity contribution is -0.133. The summed E-state index contributed by atoms with van der Waals surface area (Å²) in [6.45, 7) is 3.40. The molecule has 11 heteroatoms. The summed E-state index contributed by atoms with van der Waals surface area (Å²) in [6, 6.07) is 8.90.